The lowest BCUT2D eigenvalue weighted by Gasteiger charge is -2.30. The van der Waals surface area contributed by atoms with Crippen molar-refractivity contribution in [3.05, 3.63) is 59.4 Å². The third kappa shape index (κ3) is 5.52. The van der Waals surface area contributed by atoms with Crippen molar-refractivity contribution in [3.8, 4) is 0 Å². The molecule has 4 rings (SSSR count). The van der Waals surface area contributed by atoms with Crippen LogP contribution in [0.4, 0.5) is 21.3 Å². The molecule has 0 spiro atoms. The molecular formula is C22H25N5OS2. The van der Waals surface area contributed by atoms with Gasteiger partial charge in [-0.05, 0) is 56.0 Å². The summed E-state index contributed by atoms with van der Waals surface area (Å²) in [6, 6.07) is 9.86. The second-order valence-corrected chi connectivity index (χ2v) is 9.42. The summed E-state index contributed by atoms with van der Waals surface area (Å²) in [6.07, 6.45) is 9.09. The molecular weight excluding hydrogens is 414 g/mol. The molecule has 0 unspecified atom stereocenters. The summed E-state index contributed by atoms with van der Waals surface area (Å²) in [5.41, 5.74) is 3.12. The smallest absolute Gasteiger partial charge is 0.325 e. The summed E-state index contributed by atoms with van der Waals surface area (Å²) in [5, 5.41) is 6.48. The number of amides is 2. The summed E-state index contributed by atoms with van der Waals surface area (Å²) >= 11 is 3.19. The SMILES string of the molecule is Cc1ccc(NC(=O)Nc2ncc(CSc3cccnc3)s2)c(N2CCCCC2)c1. The van der Waals surface area contributed by atoms with Gasteiger partial charge in [-0.2, -0.15) is 0 Å². The van der Waals surface area contributed by atoms with E-state index < -0.39 is 0 Å². The fourth-order valence-electron chi connectivity index (χ4n) is 3.41. The summed E-state index contributed by atoms with van der Waals surface area (Å²) < 4.78 is 0. The number of carbonyl (C=O) groups excluding carboxylic acids is 1. The summed E-state index contributed by atoms with van der Waals surface area (Å²) in [5.74, 6) is 0.795. The molecule has 1 fully saturated rings. The highest BCUT2D eigenvalue weighted by Gasteiger charge is 2.16. The van der Waals surface area contributed by atoms with Gasteiger partial charge in [0.15, 0.2) is 5.13 Å². The Morgan fingerprint density at radius 3 is 2.83 bits per heavy atom. The monoisotopic (exact) mass is 439 g/mol. The Labute approximate surface area is 185 Å². The number of nitrogens with one attached hydrogen (secondary N) is 2. The first-order valence-corrected chi connectivity index (χ1v) is 11.9. The highest BCUT2D eigenvalue weighted by atomic mass is 32.2. The van der Waals surface area contributed by atoms with Gasteiger partial charge in [-0.1, -0.05) is 6.07 Å². The predicted molar refractivity (Wildman–Crippen MR) is 126 cm³/mol. The molecule has 0 saturated carbocycles. The maximum Gasteiger partial charge on any atom is 0.325 e. The van der Waals surface area contributed by atoms with E-state index in [0.717, 1.165) is 40.0 Å². The highest BCUT2D eigenvalue weighted by Crippen LogP contribution is 2.30. The zero-order valence-corrected chi connectivity index (χ0v) is 18.6. The van der Waals surface area contributed by atoms with Gasteiger partial charge < -0.3 is 10.2 Å². The van der Waals surface area contributed by atoms with Crippen molar-refractivity contribution in [1.29, 1.82) is 0 Å². The number of urea groups is 1. The summed E-state index contributed by atoms with van der Waals surface area (Å²) in [4.78, 5) is 25.7. The number of hydrogen-bond acceptors (Lipinski definition) is 6. The Hall–Kier alpha value is -2.58. The third-order valence-corrected chi connectivity index (χ3v) is 7.01. The average molecular weight is 440 g/mol. The number of aromatic nitrogens is 2. The molecule has 0 bridgehead atoms. The molecule has 8 heteroatoms. The lowest BCUT2D eigenvalue weighted by Crippen LogP contribution is -2.31. The van der Waals surface area contributed by atoms with E-state index in [4.69, 9.17) is 0 Å². The first-order chi connectivity index (χ1) is 14.7. The second-order valence-electron chi connectivity index (χ2n) is 7.26. The summed E-state index contributed by atoms with van der Waals surface area (Å²) in [6.45, 7) is 4.15. The number of thioether (sulfide) groups is 1. The Morgan fingerprint density at radius 2 is 2.03 bits per heavy atom. The number of piperidine rings is 1. The quantitative estimate of drug-likeness (QED) is 0.477. The fraction of sp³-hybridized carbons (Fsp3) is 0.318. The minimum absolute atomic E-state index is 0.266. The molecule has 0 radical (unpaired) electrons. The van der Waals surface area contributed by atoms with Crippen molar-refractivity contribution in [1.82, 2.24) is 9.97 Å². The van der Waals surface area contributed by atoms with E-state index in [2.05, 4.69) is 38.5 Å². The van der Waals surface area contributed by atoms with Crippen molar-refractivity contribution in [3.63, 3.8) is 0 Å². The van der Waals surface area contributed by atoms with Crippen LogP contribution < -0.4 is 15.5 Å². The van der Waals surface area contributed by atoms with E-state index >= 15 is 0 Å². The van der Waals surface area contributed by atoms with Gasteiger partial charge in [0.05, 0.1) is 11.4 Å². The largest absolute Gasteiger partial charge is 0.370 e. The van der Waals surface area contributed by atoms with Crippen LogP contribution in [-0.4, -0.2) is 29.1 Å². The molecule has 2 N–H and O–H groups in total. The average Bonchev–Trinajstić information content (AvgIpc) is 3.22. The number of pyridine rings is 1. The Bertz CT molecular complexity index is 986. The van der Waals surface area contributed by atoms with E-state index in [9.17, 15) is 4.79 Å². The highest BCUT2D eigenvalue weighted by molar-refractivity contribution is 7.98. The van der Waals surface area contributed by atoms with E-state index in [1.807, 2.05) is 36.7 Å². The summed E-state index contributed by atoms with van der Waals surface area (Å²) in [7, 11) is 0. The van der Waals surface area contributed by atoms with Crippen LogP contribution >= 0.6 is 23.1 Å². The van der Waals surface area contributed by atoms with E-state index in [-0.39, 0.29) is 6.03 Å². The maximum atomic E-state index is 12.6. The molecule has 0 aliphatic carbocycles. The van der Waals surface area contributed by atoms with E-state index in [0.29, 0.717) is 5.13 Å². The Kier molecular flexibility index (Phi) is 6.86. The van der Waals surface area contributed by atoms with Crippen LogP contribution in [0.2, 0.25) is 0 Å². The number of hydrogen-bond donors (Lipinski definition) is 2. The van der Waals surface area contributed by atoms with Crippen LogP contribution in [0.3, 0.4) is 0 Å². The molecule has 30 heavy (non-hydrogen) atoms. The number of benzene rings is 1. The van der Waals surface area contributed by atoms with Crippen molar-refractivity contribution in [2.45, 2.75) is 36.8 Å². The molecule has 6 nitrogen and oxygen atoms in total. The van der Waals surface area contributed by atoms with Gasteiger partial charge in [-0.15, -0.1) is 23.1 Å². The predicted octanol–water partition coefficient (Wildman–Crippen LogP) is 5.77. The molecule has 1 saturated heterocycles. The first kappa shape index (κ1) is 20.7. The van der Waals surface area contributed by atoms with Crippen LogP contribution in [0.5, 0.6) is 0 Å². The van der Waals surface area contributed by atoms with Crippen molar-refractivity contribution in [2.75, 3.05) is 28.6 Å². The molecule has 3 heterocycles. The molecule has 0 atom stereocenters. The molecule has 3 aromatic rings. The van der Waals surface area contributed by atoms with Crippen LogP contribution in [-0.2, 0) is 5.75 Å². The lowest BCUT2D eigenvalue weighted by atomic mass is 10.1. The lowest BCUT2D eigenvalue weighted by molar-refractivity contribution is 0.262. The molecule has 2 amide bonds. The van der Waals surface area contributed by atoms with Crippen molar-refractivity contribution >= 4 is 45.6 Å². The van der Waals surface area contributed by atoms with Gasteiger partial charge in [0.2, 0.25) is 0 Å². The molecule has 1 aliphatic rings. The van der Waals surface area contributed by atoms with Gasteiger partial charge in [0.1, 0.15) is 0 Å². The zero-order valence-electron chi connectivity index (χ0n) is 16.9. The van der Waals surface area contributed by atoms with Crippen LogP contribution in [0.25, 0.3) is 0 Å². The minimum atomic E-state index is -0.266. The van der Waals surface area contributed by atoms with Crippen molar-refractivity contribution in [2.24, 2.45) is 0 Å². The van der Waals surface area contributed by atoms with Crippen LogP contribution in [0, 0.1) is 6.92 Å². The number of anilines is 3. The molecule has 1 aromatic carbocycles. The number of carbonyl (C=O) groups is 1. The maximum absolute atomic E-state index is 12.6. The van der Waals surface area contributed by atoms with Crippen molar-refractivity contribution < 1.29 is 4.79 Å². The molecule has 156 valence electrons. The Morgan fingerprint density at radius 1 is 1.17 bits per heavy atom. The standard InChI is InChI=1S/C22H25N5OS2/c1-16-7-8-19(20(12-16)27-10-3-2-4-11-27)25-21(28)26-22-24-14-18(30-22)15-29-17-6-5-9-23-13-17/h5-9,12-14H,2-4,10-11,15H2,1H3,(H2,24,25,26,28). The number of aryl methyl sites for hydroxylation is 1. The van der Waals surface area contributed by atoms with Crippen LogP contribution in [0.1, 0.15) is 29.7 Å². The Balaban J connectivity index is 1.36. The zero-order chi connectivity index (χ0) is 20.8. The van der Waals surface area contributed by atoms with Gasteiger partial charge in [-0.3, -0.25) is 10.3 Å². The van der Waals surface area contributed by atoms with Gasteiger partial charge in [0, 0.05) is 47.2 Å². The first-order valence-electron chi connectivity index (χ1n) is 10.1. The van der Waals surface area contributed by atoms with Gasteiger partial charge in [-0.25, -0.2) is 9.78 Å². The number of nitrogens with zero attached hydrogens (tertiary/aromatic N) is 3. The van der Waals surface area contributed by atoms with Gasteiger partial charge >= 0.3 is 6.03 Å². The second kappa shape index (κ2) is 9.95. The van der Waals surface area contributed by atoms with Gasteiger partial charge in [0.25, 0.3) is 0 Å². The minimum Gasteiger partial charge on any atom is -0.370 e. The topological polar surface area (TPSA) is 70.1 Å². The van der Waals surface area contributed by atoms with E-state index in [1.165, 1.54) is 36.2 Å². The van der Waals surface area contributed by atoms with Crippen LogP contribution in [0.15, 0.2) is 53.8 Å². The number of rotatable bonds is 6. The third-order valence-electron chi connectivity index (χ3n) is 4.89. The fourth-order valence-corrected chi connectivity index (χ4v) is 5.12. The van der Waals surface area contributed by atoms with E-state index in [1.54, 1.807) is 18.0 Å². The molecule has 2 aromatic heterocycles. The number of thiazole rings is 1. The normalized spacial score (nSPS) is 13.8. The molecule has 1 aliphatic heterocycles.